The fourth-order valence-corrected chi connectivity index (χ4v) is 2.57. The van der Waals surface area contributed by atoms with Gasteiger partial charge in [-0.25, -0.2) is 0 Å². The van der Waals surface area contributed by atoms with E-state index in [1.165, 1.54) is 19.4 Å². The van der Waals surface area contributed by atoms with Gasteiger partial charge in [-0.3, -0.25) is 9.89 Å². The number of nitrogens with zero attached hydrogens (tertiary/aromatic N) is 2. The second kappa shape index (κ2) is 11.8. The maximum atomic E-state index is 5.89. The summed E-state index contributed by atoms with van der Waals surface area (Å²) >= 11 is 0. The Bertz CT molecular complexity index is 287. The number of likely N-dealkylation sites (N-methyl/N-ethyl adjacent to an activating group) is 1. The first-order valence-electron chi connectivity index (χ1n) is 8.12. The molecular formula is C15H32N4O2. The molecule has 21 heavy (non-hydrogen) atoms. The Balaban J connectivity index is 2.00. The summed E-state index contributed by atoms with van der Waals surface area (Å²) in [6.07, 6.45) is 4.58. The van der Waals surface area contributed by atoms with Crippen LogP contribution in [-0.4, -0.2) is 70.0 Å². The van der Waals surface area contributed by atoms with Crippen LogP contribution in [-0.2, 0) is 9.47 Å². The van der Waals surface area contributed by atoms with E-state index in [1.807, 2.05) is 0 Å². The van der Waals surface area contributed by atoms with Crippen molar-refractivity contribution in [2.24, 2.45) is 10.7 Å². The summed E-state index contributed by atoms with van der Waals surface area (Å²) in [5.74, 6) is 0.568. The molecular weight excluding hydrogens is 268 g/mol. The molecule has 0 aromatic heterocycles. The van der Waals surface area contributed by atoms with E-state index in [9.17, 15) is 0 Å². The van der Waals surface area contributed by atoms with Gasteiger partial charge in [0.05, 0.1) is 19.8 Å². The van der Waals surface area contributed by atoms with Crippen molar-refractivity contribution in [3.63, 3.8) is 0 Å². The minimum atomic E-state index is 0.568. The third-order valence-corrected chi connectivity index (χ3v) is 3.83. The van der Waals surface area contributed by atoms with Gasteiger partial charge in [-0.2, -0.15) is 0 Å². The first-order valence-corrected chi connectivity index (χ1v) is 8.12. The minimum absolute atomic E-state index is 0.568. The van der Waals surface area contributed by atoms with Crippen molar-refractivity contribution in [1.29, 1.82) is 0 Å². The van der Waals surface area contributed by atoms with E-state index >= 15 is 0 Å². The van der Waals surface area contributed by atoms with Crippen LogP contribution in [0.1, 0.15) is 32.6 Å². The molecule has 0 amide bonds. The van der Waals surface area contributed by atoms with Gasteiger partial charge in [0.2, 0.25) is 0 Å². The van der Waals surface area contributed by atoms with Crippen molar-refractivity contribution < 1.29 is 9.47 Å². The van der Waals surface area contributed by atoms with Gasteiger partial charge in [0.15, 0.2) is 5.96 Å². The Labute approximate surface area is 129 Å². The smallest absolute Gasteiger partial charge is 0.188 e. The molecule has 1 heterocycles. The third-order valence-electron chi connectivity index (χ3n) is 3.83. The summed E-state index contributed by atoms with van der Waals surface area (Å²) in [6, 6.07) is 0.574. The standard InChI is InChI=1S/C15H32N4O2/c1-3-19-9-6-7-14(19)13-18-15(16)17-8-4-5-10-21-12-11-20-2/h14H,3-13H2,1-2H3,(H3,16,17,18). The van der Waals surface area contributed by atoms with Crippen molar-refractivity contribution in [2.45, 2.75) is 38.6 Å². The van der Waals surface area contributed by atoms with Crippen LogP contribution in [0.3, 0.4) is 0 Å². The Hall–Kier alpha value is -0.850. The second-order valence-corrected chi connectivity index (χ2v) is 5.39. The lowest BCUT2D eigenvalue weighted by atomic mass is 10.2. The lowest BCUT2D eigenvalue weighted by Gasteiger charge is -2.20. The van der Waals surface area contributed by atoms with Gasteiger partial charge in [0.25, 0.3) is 0 Å². The number of methoxy groups -OCH3 is 1. The van der Waals surface area contributed by atoms with Crippen LogP contribution in [0.4, 0.5) is 0 Å². The highest BCUT2D eigenvalue weighted by molar-refractivity contribution is 5.77. The van der Waals surface area contributed by atoms with E-state index in [0.717, 1.165) is 39.1 Å². The highest BCUT2D eigenvalue weighted by Crippen LogP contribution is 2.16. The highest BCUT2D eigenvalue weighted by atomic mass is 16.5. The van der Waals surface area contributed by atoms with Crippen molar-refractivity contribution in [3.8, 4) is 0 Å². The van der Waals surface area contributed by atoms with E-state index in [0.29, 0.717) is 25.2 Å². The summed E-state index contributed by atoms with van der Waals surface area (Å²) in [5, 5.41) is 3.17. The van der Waals surface area contributed by atoms with Crippen molar-refractivity contribution >= 4 is 5.96 Å². The molecule has 124 valence electrons. The number of hydrogen-bond acceptors (Lipinski definition) is 4. The molecule has 0 aliphatic carbocycles. The molecule has 0 saturated carbocycles. The maximum Gasteiger partial charge on any atom is 0.188 e. The Kier molecular flexibility index (Phi) is 10.2. The van der Waals surface area contributed by atoms with Crippen LogP contribution >= 0.6 is 0 Å². The summed E-state index contributed by atoms with van der Waals surface area (Å²) in [7, 11) is 1.68. The lowest BCUT2D eigenvalue weighted by Crippen LogP contribution is -2.36. The second-order valence-electron chi connectivity index (χ2n) is 5.39. The molecule has 6 heteroatoms. The zero-order valence-electron chi connectivity index (χ0n) is 13.6. The molecule has 1 fully saturated rings. The van der Waals surface area contributed by atoms with Gasteiger partial charge >= 0.3 is 0 Å². The van der Waals surface area contributed by atoms with Gasteiger partial charge in [0, 0.05) is 26.3 Å². The Morgan fingerprint density at radius 3 is 2.95 bits per heavy atom. The van der Waals surface area contributed by atoms with Crippen LogP contribution in [0.15, 0.2) is 4.99 Å². The van der Waals surface area contributed by atoms with Crippen molar-refractivity contribution in [3.05, 3.63) is 0 Å². The zero-order valence-corrected chi connectivity index (χ0v) is 13.6. The average Bonchev–Trinajstić information content (AvgIpc) is 2.95. The molecule has 1 atom stereocenters. The van der Waals surface area contributed by atoms with E-state index in [2.05, 4.69) is 22.1 Å². The summed E-state index contributed by atoms with van der Waals surface area (Å²) in [4.78, 5) is 6.94. The summed E-state index contributed by atoms with van der Waals surface area (Å²) in [5.41, 5.74) is 5.89. The fraction of sp³-hybridized carbons (Fsp3) is 0.933. The number of nitrogens with two attached hydrogens (primary N) is 1. The SMILES string of the molecule is CCN1CCCC1CN=C(N)NCCCCOCCOC. The Morgan fingerprint density at radius 2 is 2.19 bits per heavy atom. The maximum absolute atomic E-state index is 5.89. The van der Waals surface area contributed by atoms with Gasteiger partial charge in [-0.05, 0) is 38.8 Å². The Morgan fingerprint density at radius 1 is 1.33 bits per heavy atom. The molecule has 6 nitrogen and oxygen atoms in total. The highest BCUT2D eigenvalue weighted by Gasteiger charge is 2.22. The fourth-order valence-electron chi connectivity index (χ4n) is 2.57. The molecule has 0 bridgehead atoms. The quantitative estimate of drug-likeness (QED) is 0.336. The molecule has 1 unspecified atom stereocenters. The number of ether oxygens (including phenoxy) is 2. The van der Waals surface area contributed by atoms with Gasteiger partial charge in [-0.1, -0.05) is 6.92 Å². The van der Waals surface area contributed by atoms with Crippen LogP contribution in [0.25, 0.3) is 0 Å². The number of rotatable bonds is 11. The van der Waals surface area contributed by atoms with Gasteiger partial charge < -0.3 is 20.5 Å². The van der Waals surface area contributed by atoms with Gasteiger partial charge in [-0.15, -0.1) is 0 Å². The molecule has 0 radical (unpaired) electrons. The number of guanidine groups is 1. The first-order chi connectivity index (χ1) is 10.3. The topological polar surface area (TPSA) is 72.1 Å². The molecule has 0 aromatic carbocycles. The molecule has 0 aromatic rings. The number of unbranched alkanes of at least 4 members (excludes halogenated alkanes) is 1. The lowest BCUT2D eigenvalue weighted by molar-refractivity contribution is 0.0689. The van der Waals surface area contributed by atoms with Crippen LogP contribution in [0.2, 0.25) is 0 Å². The molecule has 1 rings (SSSR count). The number of hydrogen-bond donors (Lipinski definition) is 2. The molecule has 1 aliphatic heterocycles. The summed E-state index contributed by atoms with van der Waals surface area (Å²) in [6.45, 7) is 8.28. The normalized spacial score (nSPS) is 20.1. The first kappa shape index (κ1) is 18.2. The van der Waals surface area contributed by atoms with E-state index < -0.39 is 0 Å². The molecule has 1 saturated heterocycles. The van der Waals surface area contributed by atoms with Crippen LogP contribution in [0.5, 0.6) is 0 Å². The molecule has 0 spiro atoms. The molecule has 1 aliphatic rings. The van der Waals surface area contributed by atoms with Gasteiger partial charge in [0.1, 0.15) is 0 Å². The summed E-state index contributed by atoms with van der Waals surface area (Å²) < 4.78 is 10.3. The predicted octanol–water partition coefficient (Wildman–Crippen LogP) is 0.818. The van der Waals surface area contributed by atoms with E-state index in [1.54, 1.807) is 7.11 Å². The van der Waals surface area contributed by atoms with Crippen molar-refractivity contribution in [2.75, 3.05) is 53.1 Å². The zero-order chi connectivity index (χ0) is 15.3. The van der Waals surface area contributed by atoms with Crippen LogP contribution < -0.4 is 11.1 Å². The van der Waals surface area contributed by atoms with E-state index in [-0.39, 0.29) is 0 Å². The largest absolute Gasteiger partial charge is 0.382 e. The number of likely N-dealkylation sites (tertiary alicyclic amines) is 1. The molecule has 3 N–H and O–H groups in total. The number of nitrogens with one attached hydrogen (secondary N) is 1. The van der Waals surface area contributed by atoms with E-state index in [4.69, 9.17) is 15.2 Å². The monoisotopic (exact) mass is 300 g/mol. The minimum Gasteiger partial charge on any atom is -0.382 e. The van der Waals surface area contributed by atoms with Crippen LogP contribution in [0, 0.1) is 0 Å². The van der Waals surface area contributed by atoms with Crippen molar-refractivity contribution in [1.82, 2.24) is 10.2 Å². The third kappa shape index (κ3) is 8.24. The average molecular weight is 300 g/mol. The number of aliphatic imine (C=N–C) groups is 1. The predicted molar refractivity (Wildman–Crippen MR) is 86.7 cm³/mol.